The van der Waals surface area contributed by atoms with Crippen LogP contribution in [0.25, 0.3) is 10.2 Å². The van der Waals surface area contributed by atoms with E-state index >= 15 is 0 Å². The third-order valence-electron chi connectivity index (χ3n) is 7.26. The summed E-state index contributed by atoms with van der Waals surface area (Å²) in [5.41, 5.74) is 1.49. The van der Waals surface area contributed by atoms with Gasteiger partial charge < -0.3 is 10.2 Å². The number of carbonyl (C=O) groups is 1. The molecule has 3 aliphatic rings. The summed E-state index contributed by atoms with van der Waals surface area (Å²) < 4.78 is 0. The van der Waals surface area contributed by atoms with E-state index in [0.29, 0.717) is 24.5 Å². The molecule has 6 nitrogen and oxygen atoms in total. The highest BCUT2D eigenvalue weighted by atomic mass is 32.1. The predicted octanol–water partition coefficient (Wildman–Crippen LogP) is 3.85. The second kappa shape index (κ2) is 8.79. The summed E-state index contributed by atoms with van der Waals surface area (Å²) in [6.45, 7) is 2.46. The van der Waals surface area contributed by atoms with Crippen LogP contribution in [0.3, 0.4) is 0 Å². The van der Waals surface area contributed by atoms with E-state index in [9.17, 15) is 4.79 Å². The van der Waals surface area contributed by atoms with E-state index in [1.165, 1.54) is 41.5 Å². The zero-order valence-corrected chi connectivity index (χ0v) is 18.8. The number of hydrogen-bond acceptors (Lipinski definition) is 6. The van der Waals surface area contributed by atoms with Gasteiger partial charge in [-0.05, 0) is 76.8 Å². The van der Waals surface area contributed by atoms with Crippen LogP contribution in [-0.4, -0.2) is 64.4 Å². The molecule has 1 aliphatic heterocycles. The van der Waals surface area contributed by atoms with Crippen LogP contribution in [0.5, 0.6) is 0 Å². The van der Waals surface area contributed by atoms with Gasteiger partial charge in [-0.25, -0.2) is 9.97 Å². The lowest BCUT2D eigenvalue weighted by atomic mass is 9.90. The molecule has 5 rings (SSSR count). The van der Waals surface area contributed by atoms with Crippen molar-refractivity contribution in [3.63, 3.8) is 0 Å². The Balaban J connectivity index is 1.17. The molecule has 2 aliphatic carbocycles. The smallest absolute Gasteiger partial charge is 0.236 e. The van der Waals surface area contributed by atoms with Gasteiger partial charge >= 0.3 is 0 Å². The number of nitrogens with zero attached hydrogens (tertiary/aromatic N) is 4. The quantitative estimate of drug-likeness (QED) is 0.785. The van der Waals surface area contributed by atoms with Crippen LogP contribution in [0.2, 0.25) is 0 Å². The van der Waals surface area contributed by atoms with Gasteiger partial charge in [-0.15, -0.1) is 11.3 Å². The van der Waals surface area contributed by atoms with Gasteiger partial charge in [0.2, 0.25) is 5.91 Å². The van der Waals surface area contributed by atoms with Gasteiger partial charge in [0.1, 0.15) is 17.0 Å². The van der Waals surface area contributed by atoms with E-state index in [-0.39, 0.29) is 0 Å². The maximum atomic E-state index is 12.6. The summed E-state index contributed by atoms with van der Waals surface area (Å²) in [7, 11) is 2.13. The number of fused-ring (bicyclic) bond motifs is 3. The largest absolute Gasteiger partial charge is 0.367 e. The Morgan fingerprint density at radius 1 is 1.13 bits per heavy atom. The number of rotatable bonds is 5. The van der Waals surface area contributed by atoms with Crippen LogP contribution >= 0.6 is 11.3 Å². The summed E-state index contributed by atoms with van der Waals surface area (Å²) >= 11 is 1.85. The number of piperidine rings is 1. The first-order chi connectivity index (χ1) is 14.7. The monoisotopic (exact) mass is 427 g/mol. The molecule has 30 heavy (non-hydrogen) atoms. The average Bonchev–Trinajstić information content (AvgIpc) is 3.36. The van der Waals surface area contributed by atoms with Crippen molar-refractivity contribution in [3.8, 4) is 0 Å². The van der Waals surface area contributed by atoms with E-state index in [2.05, 4.69) is 32.1 Å². The number of aryl methyl sites for hydroxylation is 2. The number of aromatic nitrogens is 2. The van der Waals surface area contributed by atoms with Gasteiger partial charge in [0.05, 0.1) is 11.9 Å². The molecule has 1 amide bonds. The van der Waals surface area contributed by atoms with Crippen LogP contribution in [0.1, 0.15) is 61.8 Å². The van der Waals surface area contributed by atoms with Crippen molar-refractivity contribution in [2.75, 3.05) is 32.0 Å². The van der Waals surface area contributed by atoms with Crippen LogP contribution < -0.4 is 5.32 Å². The highest BCUT2D eigenvalue weighted by Crippen LogP contribution is 2.39. The summed E-state index contributed by atoms with van der Waals surface area (Å²) in [6.07, 6.45) is 13.5. The van der Waals surface area contributed by atoms with E-state index in [1.807, 2.05) is 11.3 Å². The lowest BCUT2D eigenvalue weighted by Crippen LogP contribution is -2.46. The molecular formula is C23H33N5OS. The maximum Gasteiger partial charge on any atom is 0.236 e. The Labute approximate surface area is 183 Å². The molecule has 1 N–H and O–H groups in total. The van der Waals surface area contributed by atoms with Crippen molar-refractivity contribution in [2.24, 2.45) is 0 Å². The van der Waals surface area contributed by atoms with Crippen molar-refractivity contribution in [1.29, 1.82) is 0 Å². The number of carbonyl (C=O) groups excluding carboxylic acids is 1. The number of likely N-dealkylation sites (N-methyl/N-ethyl adjacent to an activating group) is 1. The first kappa shape index (κ1) is 20.2. The van der Waals surface area contributed by atoms with E-state index in [1.54, 1.807) is 6.33 Å². The number of likely N-dealkylation sites (tertiary alicyclic amines) is 1. The van der Waals surface area contributed by atoms with Gasteiger partial charge in [0, 0.05) is 30.1 Å². The number of nitrogens with one attached hydrogen (secondary N) is 1. The minimum Gasteiger partial charge on any atom is -0.367 e. The van der Waals surface area contributed by atoms with Crippen molar-refractivity contribution in [3.05, 3.63) is 16.8 Å². The lowest BCUT2D eigenvalue weighted by Gasteiger charge is -2.36. The summed E-state index contributed by atoms with van der Waals surface area (Å²) in [6, 6.07) is 0.968. The van der Waals surface area contributed by atoms with Crippen molar-refractivity contribution < 1.29 is 4.79 Å². The van der Waals surface area contributed by atoms with Gasteiger partial charge in [-0.3, -0.25) is 9.69 Å². The molecular weight excluding hydrogens is 394 g/mol. The fourth-order valence-corrected chi connectivity index (χ4v) is 6.71. The highest BCUT2D eigenvalue weighted by molar-refractivity contribution is 7.19. The molecule has 7 heteroatoms. The van der Waals surface area contributed by atoms with E-state index in [4.69, 9.17) is 0 Å². The molecule has 1 saturated carbocycles. The van der Waals surface area contributed by atoms with Gasteiger partial charge in [-0.1, -0.05) is 0 Å². The van der Waals surface area contributed by atoms with Gasteiger partial charge in [-0.2, -0.15) is 0 Å². The molecule has 162 valence electrons. The molecule has 2 aromatic heterocycles. The molecule has 0 aromatic carbocycles. The predicted molar refractivity (Wildman–Crippen MR) is 122 cm³/mol. The lowest BCUT2D eigenvalue weighted by molar-refractivity contribution is -0.133. The van der Waals surface area contributed by atoms with Crippen molar-refractivity contribution in [1.82, 2.24) is 19.8 Å². The second-order valence-corrected chi connectivity index (χ2v) is 10.3. The Hall–Kier alpha value is -1.73. The minimum absolute atomic E-state index is 0.312. The van der Waals surface area contributed by atoms with Crippen molar-refractivity contribution in [2.45, 2.75) is 76.3 Å². The van der Waals surface area contributed by atoms with Gasteiger partial charge in [0.25, 0.3) is 0 Å². The number of amides is 1. The molecule has 0 bridgehead atoms. The van der Waals surface area contributed by atoms with Crippen LogP contribution in [0.4, 0.5) is 5.82 Å². The molecule has 2 aromatic rings. The third-order valence-corrected chi connectivity index (χ3v) is 8.46. The molecule has 0 unspecified atom stereocenters. The number of hydrogen-bond donors (Lipinski definition) is 1. The van der Waals surface area contributed by atoms with Crippen LogP contribution in [0.15, 0.2) is 6.33 Å². The zero-order valence-electron chi connectivity index (χ0n) is 18.0. The minimum atomic E-state index is 0.312. The second-order valence-electron chi connectivity index (χ2n) is 9.27. The Morgan fingerprint density at radius 2 is 1.93 bits per heavy atom. The molecule has 0 spiro atoms. The summed E-state index contributed by atoms with van der Waals surface area (Å²) in [5.74, 6) is 1.35. The van der Waals surface area contributed by atoms with Crippen LogP contribution in [0, 0.1) is 0 Å². The average molecular weight is 428 g/mol. The van der Waals surface area contributed by atoms with E-state index in [0.717, 1.165) is 62.3 Å². The van der Waals surface area contributed by atoms with Crippen LogP contribution in [-0.2, 0) is 17.6 Å². The third kappa shape index (κ3) is 4.06. The van der Waals surface area contributed by atoms with Crippen molar-refractivity contribution >= 4 is 33.3 Å². The molecule has 0 radical (unpaired) electrons. The zero-order chi connectivity index (χ0) is 20.5. The topological polar surface area (TPSA) is 61.4 Å². The highest BCUT2D eigenvalue weighted by Gasteiger charge is 2.28. The first-order valence-electron chi connectivity index (χ1n) is 11.7. The molecule has 1 saturated heterocycles. The normalized spacial score (nSPS) is 24.4. The molecule has 3 heterocycles. The van der Waals surface area contributed by atoms with Gasteiger partial charge in [0.15, 0.2) is 0 Å². The Morgan fingerprint density at radius 3 is 2.73 bits per heavy atom. The maximum absolute atomic E-state index is 12.6. The summed E-state index contributed by atoms with van der Waals surface area (Å²) in [5, 5.41) is 5.03. The van der Waals surface area contributed by atoms with E-state index < -0.39 is 0 Å². The standard InChI is InChI=1S/C23H33N5OS/c1-27(14-20(29)28-12-3-2-4-13-28)17-10-8-16(9-11-17)26-22-21-18-6-5-7-19(18)30-23(21)25-15-24-22/h15-17H,2-14H2,1H3,(H,24,25,26). The Bertz CT molecular complexity index is 898. The number of anilines is 1. The fourth-order valence-electron chi connectivity index (χ4n) is 5.48. The first-order valence-corrected chi connectivity index (χ1v) is 12.5. The molecule has 2 fully saturated rings. The fraction of sp³-hybridized carbons (Fsp3) is 0.696. The Kier molecular flexibility index (Phi) is 5.92. The SMILES string of the molecule is CN(CC(=O)N1CCCCC1)C1CCC(Nc2ncnc3sc4c(c23)CCC4)CC1. The molecule has 0 atom stereocenters. The summed E-state index contributed by atoms with van der Waals surface area (Å²) in [4.78, 5) is 28.8. The number of thiophene rings is 1.